The van der Waals surface area contributed by atoms with Crippen LogP contribution >= 0.6 is 0 Å². The van der Waals surface area contributed by atoms with Crippen LogP contribution in [0.1, 0.15) is 37.1 Å². The summed E-state index contributed by atoms with van der Waals surface area (Å²) >= 11 is 0. The van der Waals surface area contributed by atoms with Crippen molar-refractivity contribution in [2.75, 3.05) is 7.05 Å². The molecule has 2 aromatic heterocycles. The molecular weight excluding hydrogens is 226 g/mol. The molecule has 0 aromatic carbocycles. The summed E-state index contributed by atoms with van der Waals surface area (Å²) in [6, 6.07) is 0. The minimum atomic E-state index is 0.332. The van der Waals surface area contributed by atoms with Crippen LogP contribution in [0.2, 0.25) is 0 Å². The van der Waals surface area contributed by atoms with E-state index in [-0.39, 0.29) is 0 Å². The highest BCUT2D eigenvalue weighted by molar-refractivity contribution is 5.36. The number of hydrogen-bond donors (Lipinski definition) is 1. The number of aromatic nitrogens is 4. The Balaban J connectivity index is 2.50. The fourth-order valence-electron chi connectivity index (χ4n) is 1.84. The normalized spacial score (nSPS) is 11.2. The maximum atomic E-state index is 4.64. The molecule has 2 aromatic rings. The molecule has 0 spiro atoms. The molecule has 0 aliphatic heterocycles. The van der Waals surface area contributed by atoms with E-state index in [1.165, 1.54) is 0 Å². The van der Waals surface area contributed by atoms with Crippen molar-refractivity contribution in [3.05, 3.63) is 35.9 Å². The number of hydrogen-bond acceptors (Lipinski definition) is 4. The summed E-state index contributed by atoms with van der Waals surface area (Å²) in [5.74, 6) is 2.15. The Morgan fingerprint density at radius 1 is 1.33 bits per heavy atom. The molecule has 1 N–H and O–H groups in total. The molecule has 0 fully saturated rings. The Labute approximate surface area is 107 Å². The molecule has 0 radical (unpaired) electrons. The first-order chi connectivity index (χ1) is 8.63. The summed E-state index contributed by atoms with van der Waals surface area (Å²) < 4.78 is 2.01. The number of rotatable bonds is 4. The highest BCUT2D eigenvalue weighted by Crippen LogP contribution is 2.16. The maximum Gasteiger partial charge on any atom is 0.131 e. The number of aryl methyl sites for hydroxylation is 1. The molecular formula is C13H19N5. The second-order valence-corrected chi connectivity index (χ2v) is 4.59. The molecule has 2 heterocycles. The smallest absolute Gasteiger partial charge is 0.131 e. The van der Waals surface area contributed by atoms with Crippen LogP contribution in [0.25, 0.3) is 5.69 Å². The Morgan fingerprint density at radius 3 is 2.67 bits per heavy atom. The first kappa shape index (κ1) is 12.7. The lowest BCUT2D eigenvalue weighted by Crippen LogP contribution is -2.14. The van der Waals surface area contributed by atoms with Crippen molar-refractivity contribution < 1.29 is 0 Å². The van der Waals surface area contributed by atoms with Crippen molar-refractivity contribution in [3.8, 4) is 5.69 Å². The lowest BCUT2D eigenvalue weighted by molar-refractivity contribution is 0.715. The Kier molecular flexibility index (Phi) is 3.72. The van der Waals surface area contributed by atoms with Crippen molar-refractivity contribution in [1.29, 1.82) is 0 Å². The van der Waals surface area contributed by atoms with Gasteiger partial charge in [0, 0.05) is 24.9 Å². The second kappa shape index (κ2) is 5.27. The van der Waals surface area contributed by atoms with Gasteiger partial charge >= 0.3 is 0 Å². The van der Waals surface area contributed by atoms with E-state index in [1.54, 1.807) is 6.20 Å². The van der Waals surface area contributed by atoms with Gasteiger partial charge in [0.15, 0.2) is 0 Å². The van der Waals surface area contributed by atoms with E-state index in [0.29, 0.717) is 5.92 Å². The number of imidazole rings is 1. The van der Waals surface area contributed by atoms with E-state index < -0.39 is 0 Å². The van der Waals surface area contributed by atoms with Crippen molar-refractivity contribution in [2.24, 2.45) is 0 Å². The third-order valence-corrected chi connectivity index (χ3v) is 2.81. The van der Waals surface area contributed by atoms with E-state index in [2.05, 4.69) is 34.1 Å². The maximum absolute atomic E-state index is 4.64. The summed E-state index contributed by atoms with van der Waals surface area (Å²) in [6.07, 6.45) is 5.60. The van der Waals surface area contributed by atoms with Crippen LogP contribution in [0.3, 0.4) is 0 Å². The van der Waals surface area contributed by atoms with Crippen LogP contribution in [-0.4, -0.2) is 26.6 Å². The Morgan fingerprint density at radius 2 is 2.11 bits per heavy atom. The first-order valence-corrected chi connectivity index (χ1v) is 6.14. The molecule has 0 bridgehead atoms. The standard InChI is InChI=1S/C13H19N5/c1-9(2)13-16-8-12(11(17-13)7-14-4)18-6-5-15-10(18)3/h5-6,8-9,14H,7H2,1-4H3. The highest BCUT2D eigenvalue weighted by atomic mass is 15.1. The van der Waals surface area contributed by atoms with Gasteiger partial charge in [-0.05, 0) is 14.0 Å². The van der Waals surface area contributed by atoms with Crippen LogP contribution in [0.4, 0.5) is 0 Å². The molecule has 0 atom stereocenters. The number of nitrogens with one attached hydrogen (secondary N) is 1. The Hall–Kier alpha value is -1.75. The van der Waals surface area contributed by atoms with Crippen LogP contribution < -0.4 is 5.32 Å². The van der Waals surface area contributed by atoms with Crippen LogP contribution in [-0.2, 0) is 6.54 Å². The molecule has 96 valence electrons. The summed E-state index contributed by atoms with van der Waals surface area (Å²) in [6.45, 7) is 6.88. The quantitative estimate of drug-likeness (QED) is 0.892. The minimum Gasteiger partial charge on any atom is -0.314 e. The minimum absolute atomic E-state index is 0.332. The van der Waals surface area contributed by atoms with Crippen LogP contribution in [0, 0.1) is 6.92 Å². The summed E-state index contributed by atoms with van der Waals surface area (Å²) in [7, 11) is 1.92. The largest absolute Gasteiger partial charge is 0.314 e. The molecule has 0 aliphatic rings. The fraction of sp³-hybridized carbons (Fsp3) is 0.462. The zero-order chi connectivity index (χ0) is 13.1. The lowest BCUT2D eigenvalue weighted by atomic mass is 10.2. The van der Waals surface area contributed by atoms with Crippen LogP contribution in [0.15, 0.2) is 18.6 Å². The predicted molar refractivity (Wildman–Crippen MR) is 70.7 cm³/mol. The predicted octanol–water partition coefficient (Wildman–Crippen LogP) is 1.81. The van der Waals surface area contributed by atoms with Gasteiger partial charge in [-0.15, -0.1) is 0 Å². The Bertz CT molecular complexity index is 530. The van der Waals surface area contributed by atoms with Gasteiger partial charge < -0.3 is 9.88 Å². The van der Waals surface area contributed by atoms with E-state index in [0.717, 1.165) is 29.6 Å². The van der Waals surface area contributed by atoms with Gasteiger partial charge in [0.05, 0.1) is 17.6 Å². The van der Waals surface area contributed by atoms with E-state index in [9.17, 15) is 0 Å². The molecule has 2 rings (SSSR count). The molecule has 0 aliphatic carbocycles. The zero-order valence-electron chi connectivity index (χ0n) is 11.3. The van der Waals surface area contributed by atoms with Gasteiger partial charge in [0.2, 0.25) is 0 Å². The fourth-order valence-corrected chi connectivity index (χ4v) is 1.84. The topological polar surface area (TPSA) is 55.6 Å². The van der Waals surface area contributed by atoms with E-state index in [4.69, 9.17) is 0 Å². The van der Waals surface area contributed by atoms with Crippen molar-refractivity contribution in [3.63, 3.8) is 0 Å². The van der Waals surface area contributed by atoms with Gasteiger partial charge in [0.1, 0.15) is 11.6 Å². The zero-order valence-corrected chi connectivity index (χ0v) is 11.3. The third-order valence-electron chi connectivity index (χ3n) is 2.81. The molecule has 0 amide bonds. The molecule has 5 heteroatoms. The van der Waals surface area contributed by atoms with E-state index in [1.807, 2.05) is 30.9 Å². The second-order valence-electron chi connectivity index (χ2n) is 4.59. The van der Waals surface area contributed by atoms with Gasteiger partial charge in [-0.3, -0.25) is 0 Å². The average molecular weight is 245 g/mol. The van der Waals surface area contributed by atoms with Crippen molar-refractivity contribution in [2.45, 2.75) is 33.2 Å². The van der Waals surface area contributed by atoms with Crippen LogP contribution in [0.5, 0.6) is 0 Å². The average Bonchev–Trinajstić information content (AvgIpc) is 2.75. The van der Waals surface area contributed by atoms with Gasteiger partial charge in [0.25, 0.3) is 0 Å². The van der Waals surface area contributed by atoms with Crippen molar-refractivity contribution in [1.82, 2.24) is 24.8 Å². The van der Waals surface area contributed by atoms with Gasteiger partial charge in [-0.2, -0.15) is 0 Å². The molecule has 0 unspecified atom stereocenters. The highest BCUT2D eigenvalue weighted by Gasteiger charge is 2.11. The lowest BCUT2D eigenvalue weighted by Gasteiger charge is -2.13. The summed E-state index contributed by atoms with van der Waals surface area (Å²) in [5, 5.41) is 3.15. The van der Waals surface area contributed by atoms with Gasteiger partial charge in [-0.1, -0.05) is 13.8 Å². The van der Waals surface area contributed by atoms with E-state index >= 15 is 0 Å². The SMILES string of the molecule is CNCc1nc(C(C)C)ncc1-n1ccnc1C. The molecule has 5 nitrogen and oxygen atoms in total. The number of nitrogens with zero attached hydrogens (tertiary/aromatic N) is 4. The van der Waals surface area contributed by atoms with Gasteiger partial charge in [-0.25, -0.2) is 15.0 Å². The molecule has 0 saturated carbocycles. The monoisotopic (exact) mass is 245 g/mol. The summed E-state index contributed by atoms with van der Waals surface area (Å²) in [5.41, 5.74) is 1.99. The molecule has 18 heavy (non-hydrogen) atoms. The van der Waals surface area contributed by atoms with Crippen molar-refractivity contribution >= 4 is 0 Å². The molecule has 0 saturated heterocycles. The first-order valence-electron chi connectivity index (χ1n) is 6.14. The third kappa shape index (κ3) is 2.41. The summed E-state index contributed by atoms with van der Waals surface area (Å²) in [4.78, 5) is 13.3.